The SMILES string of the molecule is CC(C)N1C[C@@H](C(=O)NC2CCCCC2)CC1=O. The molecular weight excluding hydrogens is 228 g/mol. The van der Waals surface area contributed by atoms with Gasteiger partial charge in [-0.25, -0.2) is 0 Å². The van der Waals surface area contributed by atoms with Crippen LogP contribution in [0.3, 0.4) is 0 Å². The highest BCUT2D eigenvalue weighted by Crippen LogP contribution is 2.22. The van der Waals surface area contributed by atoms with Gasteiger partial charge < -0.3 is 10.2 Å². The van der Waals surface area contributed by atoms with Crippen LogP contribution in [0.4, 0.5) is 0 Å². The van der Waals surface area contributed by atoms with E-state index < -0.39 is 0 Å². The van der Waals surface area contributed by atoms with Gasteiger partial charge in [-0.3, -0.25) is 9.59 Å². The van der Waals surface area contributed by atoms with Gasteiger partial charge in [-0.1, -0.05) is 19.3 Å². The van der Waals surface area contributed by atoms with Gasteiger partial charge in [0, 0.05) is 25.0 Å². The molecule has 0 aromatic rings. The summed E-state index contributed by atoms with van der Waals surface area (Å²) in [6.07, 6.45) is 6.30. The van der Waals surface area contributed by atoms with Crippen LogP contribution in [-0.4, -0.2) is 35.3 Å². The molecule has 1 aliphatic heterocycles. The molecule has 2 amide bonds. The topological polar surface area (TPSA) is 49.4 Å². The van der Waals surface area contributed by atoms with Gasteiger partial charge >= 0.3 is 0 Å². The van der Waals surface area contributed by atoms with E-state index in [0.717, 1.165) is 12.8 Å². The van der Waals surface area contributed by atoms with Crippen molar-refractivity contribution in [1.29, 1.82) is 0 Å². The molecule has 0 spiro atoms. The fraction of sp³-hybridized carbons (Fsp3) is 0.857. The Labute approximate surface area is 109 Å². The molecule has 2 fully saturated rings. The maximum absolute atomic E-state index is 12.1. The molecular formula is C14H24N2O2. The Morgan fingerprint density at radius 2 is 1.94 bits per heavy atom. The highest BCUT2D eigenvalue weighted by molar-refractivity contribution is 5.89. The first-order chi connectivity index (χ1) is 8.58. The number of amides is 2. The summed E-state index contributed by atoms with van der Waals surface area (Å²) in [7, 11) is 0. The molecule has 1 saturated carbocycles. The van der Waals surface area contributed by atoms with Crippen molar-refractivity contribution in [2.45, 2.75) is 64.5 Å². The molecule has 1 saturated heterocycles. The molecule has 4 nitrogen and oxygen atoms in total. The van der Waals surface area contributed by atoms with E-state index in [0.29, 0.717) is 19.0 Å². The van der Waals surface area contributed by atoms with Crippen LogP contribution in [0.1, 0.15) is 52.4 Å². The molecule has 2 aliphatic rings. The number of likely N-dealkylation sites (tertiary alicyclic amines) is 1. The highest BCUT2D eigenvalue weighted by Gasteiger charge is 2.36. The lowest BCUT2D eigenvalue weighted by molar-refractivity contribution is -0.130. The zero-order valence-electron chi connectivity index (χ0n) is 11.4. The van der Waals surface area contributed by atoms with Crippen LogP contribution in [0.5, 0.6) is 0 Å². The van der Waals surface area contributed by atoms with Crippen LogP contribution >= 0.6 is 0 Å². The second-order valence-corrected chi connectivity index (χ2v) is 5.88. The highest BCUT2D eigenvalue weighted by atomic mass is 16.2. The van der Waals surface area contributed by atoms with Crippen LogP contribution in [-0.2, 0) is 9.59 Å². The summed E-state index contributed by atoms with van der Waals surface area (Å²) in [5, 5.41) is 3.12. The lowest BCUT2D eigenvalue weighted by Gasteiger charge is -2.25. The summed E-state index contributed by atoms with van der Waals surface area (Å²) in [6, 6.07) is 0.541. The second-order valence-electron chi connectivity index (χ2n) is 5.88. The number of hydrogen-bond donors (Lipinski definition) is 1. The fourth-order valence-corrected chi connectivity index (χ4v) is 2.97. The van der Waals surface area contributed by atoms with Crippen molar-refractivity contribution in [3.8, 4) is 0 Å². The number of carbonyl (C=O) groups is 2. The van der Waals surface area contributed by atoms with Gasteiger partial charge in [-0.15, -0.1) is 0 Å². The first kappa shape index (κ1) is 13.4. The summed E-state index contributed by atoms with van der Waals surface area (Å²) in [6.45, 7) is 4.59. The minimum Gasteiger partial charge on any atom is -0.353 e. The summed E-state index contributed by atoms with van der Waals surface area (Å²) < 4.78 is 0. The molecule has 1 N–H and O–H groups in total. The van der Waals surface area contributed by atoms with Crippen molar-refractivity contribution >= 4 is 11.8 Å². The molecule has 4 heteroatoms. The van der Waals surface area contributed by atoms with Crippen molar-refractivity contribution in [3.05, 3.63) is 0 Å². The Hall–Kier alpha value is -1.06. The maximum atomic E-state index is 12.1. The van der Waals surface area contributed by atoms with E-state index in [1.54, 1.807) is 0 Å². The first-order valence-electron chi connectivity index (χ1n) is 7.17. The average molecular weight is 252 g/mol. The van der Waals surface area contributed by atoms with E-state index in [1.165, 1.54) is 19.3 Å². The van der Waals surface area contributed by atoms with Gasteiger partial charge in [0.2, 0.25) is 11.8 Å². The Bertz CT molecular complexity index is 322. The largest absolute Gasteiger partial charge is 0.353 e. The molecule has 0 aromatic carbocycles. The van der Waals surface area contributed by atoms with E-state index in [4.69, 9.17) is 0 Å². The smallest absolute Gasteiger partial charge is 0.225 e. The van der Waals surface area contributed by atoms with Gasteiger partial charge in [-0.2, -0.15) is 0 Å². The molecule has 1 aliphatic carbocycles. The third-order valence-corrected chi connectivity index (χ3v) is 4.10. The Kier molecular flexibility index (Phi) is 4.25. The predicted molar refractivity (Wildman–Crippen MR) is 70.0 cm³/mol. The van der Waals surface area contributed by atoms with E-state index >= 15 is 0 Å². The van der Waals surface area contributed by atoms with Crippen LogP contribution in [0.15, 0.2) is 0 Å². The molecule has 0 radical (unpaired) electrons. The van der Waals surface area contributed by atoms with Crippen molar-refractivity contribution in [3.63, 3.8) is 0 Å². The molecule has 2 rings (SSSR count). The fourth-order valence-electron chi connectivity index (χ4n) is 2.97. The quantitative estimate of drug-likeness (QED) is 0.831. The van der Waals surface area contributed by atoms with Gasteiger partial charge in [0.25, 0.3) is 0 Å². The standard InChI is InChI=1S/C14H24N2O2/c1-10(2)16-9-11(8-13(16)17)14(18)15-12-6-4-3-5-7-12/h10-12H,3-9H2,1-2H3,(H,15,18)/t11-/m0/s1. The minimum absolute atomic E-state index is 0.0819. The Morgan fingerprint density at radius 1 is 1.28 bits per heavy atom. The van der Waals surface area contributed by atoms with Crippen molar-refractivity contribution < 1.29 is 9.59 Å². The van der Waals surface area contributed by atoms with E-state index in [-0.39, 0.29) is 23.8 Å². The zero-order valence-corrected chi connectivity index (χ0v) is 11.4. The lowest BCUT2D eigenvalue weighted by Crippen LogP contribution is -2.41. The molecule has 0 bridgehead atoms. The molecule has 0 aromatic heterocycles. The Balaban J connectivity index is 1.84. The minimum atomic E-state index is -0.137. The summed E-state index contributed by atoms with van der Waals surface area (Å²) in [4.78, 5) is 25.7. The number of hydrogen-bond acceptors (Lipinski definition) is 2. The van der Waals surface area contributed by atoms with Gasteiger partial charge in [0.1, 0.15) is 0 Å². The van der Waals surface area contributed by atoms with E-state index in [9.17, 15) is 9.59 Å². The number of nitrogens with zero attached hydrogens (tertiary/aromatic N) is 1. The zero-order chi connectivity index (χ0) is 13.1. The van der Waals surface area contributed by atoms with Crippen LogP contribution in [0.2, 0.25) is 0 Å². The second kappa shape index (κ2) is 5.72. The van der Waals surface area contributed by atoms with Gasteiger partial charge in [0.15, 0.2) is 0 Å². The van der Waals surface area contributed by atoms with Crippen molar-refractivity contribution in [1.82, 2.24) is 10.2 Å². The summed E-state index contributed by atoms with van der Waals surface area (Å²) in [5.74, 6) is 0.0639. The molecule has 1 atom stereocenters. The van der Waals surface area contributed by atoms with Gasteiger partial charge in [0.05, 0.1) is 5.92 Å². The average Bonchev–Trinajstić information content (AvgIpc) is 2.73. The number of nitrogens with one attached hydrogen (secondary N) is 1. The number of rotatable bonds is 3. The monoisotopic (exact) mass is 252 g/mol. The molecule has 0 unspecified atom stereocenters. The van der Waals surface area contributed by atoms with Gasteiger partial charge in [-0.05, 0) is 26.7 Å². The van der Waals surface area contributed by atoms with Crippen LogP contribution in [0.25, 0.3) is 0 Å². The van der Waals surface area contributed by atoms with Crippen molar-refractivity contribution in [2.75, 3.05) is 6.54 Å². The normalized spacial score (nSPS) is 25.8. The molecule has 102 valence electrons. The molecule has 1 heterocycles. The molecule has 18 heavy (non-hydrogen) atoms. The maximum Gasteiger partial charge on any atom is 0.225 e. The van der Waals surface area contributed by atoms with Crippen LogP contribution < -0.4 is 5.32 Å². The summed E-state index contributed by atoms with van der Waals surface area (Å²) in [5.41, 5.74) is 0. The third-order valence-electron chi connectivity index (χ3n) is 4.10. The lowest BCUT2D eigenvalue weighted by atomic mass is 9.95. The predicted octanol–water partition coefficient (Wildman–Crippen LogP) is 1.69. The Morgan fingerprint density at radius 3 is 2.50 bits per heavy atom. The third kappa shape index (κ3) is 3.03. The van der Waals surface area contributed by atoms with E-state index in [1.807, 2.05) is 18.7 Å². The van der Waals surface area contributed by atoms with Crippen molar-refractivity contribution in [2.24, 2.45) is 5.92 Å². The first-order valence-corrected chi connectivity index (χ1v) is 7.17. The van der Waals surface area contributed by atoms with Crippen LogP contribution in [0, 0.1) is 5.92 Å². The van der Waals surface area contributed by atoms with E-state index in [2.05, 4.69) is 5.32 Å². The number of carbonyl (C=O) groups excluding carboxylic acids is 2. The summed E-state index contributed by atoms with van der Waals surface area (Å²) >= 11 is 0.